The molecule has 168 valence electrons. The van der Waals surface area contributed by atoms with Gasteiger partial charge in [0.25, 0.3) is 5.91 Å². The second kappa shape index (κ2) is 7.88. The van der Waals surface area contributed by atoms with Gasteiger partial charge in [-0.05, 0) is 38.8 Å². The molecule has 0 radical (unpaired) electrons. The Labute approximate surface area is 191 Å². The predicted molar refractivity (Wildman–Crippen MR) is 123 cm³/mol. The number of amides is 3. The van der Waals surface area contributed by atoms with Crippen LogP contribution >= 0.6 is 11.3 Å². The average molecular weight is 454 g/mol. The molecule has 1 atom stereocenters. The molecular weight excluding hydrogens is 426 g/mol. The zero-order valence-electron chi connectivity index (χ0n) is 18.4. The van der Waals surface area contributed by atoms with Gasteiger partial charge in [0.1, 0.15) is 12.2 Å². The van der Waals surface area contributed by atoms with Crippen LogP contribution in [0.25, 0.3) is 0 Å². The molecule has 0 aliphatic carbocycles. The first-order valence-corrected chi connectivity index (χ1v) is 12.0. The number of benzene rings is 1. The Morgan fingerprint density at radius 1 is 1.16 bits per heavy atom. The summed E-state index contributed by atoms with van der Waals surface area (Å²) in [5, 5.41) is 3.03. The summed E-state index contributed by atoms with van der Waals surface area (Å²) in [6.45, 7) is 6.67. The van der Waals surface area contributed by atoms with Gasteiger partial charge in [-0.1, -0.05) is 12.1 Å². The molecule has 3 amide bonds. The number of aromatic nitrogens is 1. The number of para-hydroxylation sites is 1. The molecule has 1 aromatic heterocycles. The molecule has 32 heavy (non-hydrogen) atoms. The number of rotatable bonds is 3. The zero-order chi connectivity index (χ0) is 22.5. The fourth-order valence-electron chi connectivity index (χ4n) is 5.02. The Bertz CT molecular complexity index is 1090. The number of anilines is 2. The first kappa shape index (κ1) is 20.9. The van der Waals surface area contributed by atoms with Crippen molar-refractivity contribution in [1.29, 1.82) is 0 Å². The minimum absolute atomic E-state index is 0.00551. The fourth-order valence-corrected chi connectivity index (χ4v) is 5.88. The summed E-state index contributed by atoms with van der Waals surface area (Å²) < 4.78 is 0. The molecule has 2 fully saturated rings. The van der Waals surface area contributed by atoms with E-state index in [0.717, 1.165) is 30.3 Å². The predicted octanol–water partition coefficient (Wildman–Crippen LogP) is 2.49. The number of nitrogens with zero attached hydrogens (tertiary/aromatic N) is 5. The topological polar surface area (TPSA) is 77.1 Å². The Morgan fingerprint density at radius 3 is 2.75 bits per heavy atom. The van der Waals surface area contributed by atoms with Crippen LogP contribution in [0.1, 0.15) is 42.2 Å². The van der Waals surface area contributed by atoms with E-state index < -0.39 is 5.66 Å². The highest BCUT2D eigenvalue weighted by Crippen LogP contribution is 2.43. The molecule has 3 aliphatic heterocycles. The molecule has 5 rings (SSSR count). The number of thiazole rings is 1. The van der Waals surface area contributed by atoms with Crippen LogP contribution in [0.15, 0.2) is 29.6 Å². The van der Waals surface area contributed by atoms with Crippen molar-refractivity contribution in [3.05, 3.63) is 40.9 Å². The van der Waals surface area contributed by atoms with Crippen molar-refractivity contribution in [2.45, 2.75) is 38.8 Å². The molecule has 0 N–H and O–H groups in total. The lowest BCUT2D eigenvalue weighted by Gasteiger charge is -2.48. The largest absolute Gasteiger partial charge is 0.346 e. The maximum absolute atomic E-state index is 13.4. The number of fused-ring (bicyclic) bond motifs is 3. The molecule has 0 spiro atoms. The van der Waals surface area contributed by atoms with Crippen LogP contribution < -0.4 is 9.80 Å². The van der Waals surface area contributed by atoms with Crippen LogP contribution in [0.3, 0.4) is 0 Å². The van der Waals surface area contributed by atoms with E-state index in [2.05, 4.69) is 9.88 Å². The van der Waals surface area contributed by atoms with Crippen LogP contribution in [0.2, 0.25) is 0 Å². The molecule has 0 bridgehead atoms. The van der Waals surface area contributed by atoms with Gasteiger partial charge in [0.2, 0.25) is 11.8 Å². The Morgan fingerprint density at radius 2 is 1.97 bits per heavy atom. The van der Waals surface area contributed by atoms with Crippen LogP contribution in [0.5, 0.6) is 0 Å². The third-order valence-electron chi connectivity index (χ3n) is 6.76. The van der Waals surface area contributed by atoms with E-state index in [1.165, 1.54) is 0 Å². The SMILES string of the molecule is Cc1csc(N2CCCN(C(=O)CN3C(=O)c4ccccc4N4C(=O)CCC34C)CC2)n1. The summed E-state index contributed by atoms with van der Waals surface area (Å²) in [6, 6.07) is 7.19. The third kappa shape index (κ3) is 3.35. The van der Waals surface area contributed by atoms with Gasteiger partial charge >= 0.3 is 0 Å². The Balaban J connectivity index is 1.35. The fraction of sp³-hybridized carbons (Fsp3) is 0.478. The molecule has 1 aromatic carbocycles. The summed E-state index contributed by atoms with van der Waals surface area (Å²) in [6.07, 6.45) is 1.74. The van der Waals surface area contributed by atoms with Crippen molar-refractivity contribution in [2.75, 3.05) is 42.5 Å². The first-order chi connectivity index (χ1) is 15.4. The normalized spacial score (nSPS) is 23.3. The lowest BCUT2D eigenvalue weighted by molar-refractivity contribution is -0.133. The molecule has 9 heteroatoms. The van der Waals surface area contributed by atoms with Gasteiger partial charge in [-0.2, -0.15) is 0 Å². The Hall–Kier alpha value is -2.94. The second-order valence-corrected chi connectivity index (χ2v) is 9.68. The zero-order valence-corrected chi connectivity index (χ0v) is 19.2. The summed E-state index contributed by atoms with van der Waals surface area (Å²) in [4.78, 5) is 51.4. The summed E-state index contributed by atoms with van der Waals surface area (Å²) in [5.74, 6) is -0.262. The molecular formula is C23H27N5O3S. The van der Waals surface area contributed by atoms with Gasteiger partial charge in [0.05, 0.1) is 16.9 Å². The van der Waals surface area contributed by atoms with Crippen molar-refractivity contribution in [3.8, 4) is 0 Å². The first-order valence-electron chi connectivity index (χ1n) is 11.1. The molecule has 8 nitrogen and oxygen atoms in total. The van der Waals surface area contributed by atoms with E-state index in [1.54, 1.807) is 33.3 Å². The highest BCUT2D eigenvalue weighted by atomic mass is 32.1. The number of hydrogen-bond acceptors (Lipinski definition) is 6. The van der Waals surface area contributed by atoms with E-state index in [-0.39, 0.29) is 24.3 Å². The molecule has 2 aromatic rings. The van der Waals surface area contributed by atoms with Gasteiger partial charge in [-0.25, -0.2) is 4.98 Å². The number of carbonyl (C=O) groups excluding carboxylic acids is 3. The lowest BCUT2D eigenvalue weighted by atomic mass is 9.98. The van der Waals surface area contributed by atoms with E-state index in [0.29, 0.717) is 37.2 Å². The van der Waals surface area contributed by atoms with Crippen molar-refractivity contribution in [3.63, 3.8) is 0 Å². The van der Waals surface area contributed by atoms with Crippen molar-refractivity contribution >= 4 is 39.9 Å². The van der Waals surface area contributed by atoms with Crippen LogP contribution in [-0.4, -0.2) is 70.9 Å². The maximum atomic E-state index is 13.4. The van der Waals surface area contributed by atoms with E-state index in [4.69, 9.17) is 0 Å². The summed E-state index contributed by atoms with van der Waals surface area (Å²) in [5.41, 5.74) is 1.33. The molecule has 3 aliphatic rings. The Kier molecular flexibility index (Phi) is 5.16. The average Bonchev–Trinajstić information content (AvgIpc) is 3.24. The third-order valence-corrected chi connectivity index (χ3v) is 7.78. The number of hydrogen-bond donors (Lipinski definition) is 0. The van der Waals surface area contributed by atoms with Gasteiger partial charge in [-0.3, -0.25) is 19.3 Å². The minimum atomic E-state index is -0.811. The van der Waals surface area contributed by atoms with Gasteiger partial charge in [0, 0.05) is 38.0 Å². The molecule has 0 saturated carbocycles. The van der Waals surface area contributed by atoms with Crippen LogP contribution in [0.4, 0.5) is 10.8 Å². The van der Waals surface area contributed by atoms with Crippen molar-refractivity contribution < 1.29 is 14.4 Å². The summed E-state index contributed by atoms with van der Waals surface area (Å²) >= 11 is 1.63. The van der Waals surface area contributed by atoms with Gasteiger partial charge in [0.15, 0.2) is 5.13 Å². The molecule has 1 unspecified atom stereocenters. The molecule has 2 saturated heterocycles. The highest BCUT2D eigenvalue weighted by molar-refractivity contribution is 7.13. The maximum Gasteiger partial charge on any atom is 0.258 e. The van der Waals surface area contributed by atoms with Crippen molar-refractivity contribution in [2.24, 2.45) is 0 Å². The molecule has 4 heterocycles. The standard InChI is InChI=1S/C23H27N5O3S/c1-16-15-32-22(24-16)26-11-5-10-25(12-13-26)20(30)14-27-21(31)17-6-3-4-7-18(17)28-19(29)8-9-23(27,28)2/h3-4,6-7,15H,5,8-14H2,1-2H3. The number of aryl methyl sites for hydroxylation is 1. The quantitative estimate of drug-likeness (QED) is 0.714. The highest BCUT2D eigenvalue weighted by Gasteiger charge is 2.53. The monoisotopic (exact) mass is 453 g/mol. The van der Waals surface area contributed by atoms with Crippen molar-refractivity contribution in [1.82, 2.24) is 14.8 Å². The van der Waals surface area contributed by atoms with E-state index in [1.807, 2.05) is 36.3 Å². The second-order valence-electron chi connectivity index (χ2n) is 8.85. The lowest BCUT2D eigenvalue weighted by Crippen LogP contribution is -2.64. The van der Waals surface area contributed by atoms with Crippen LogP contribution in [0, 0.1) is 6.92 Å². The van der Waals surface area contributed by atoms with E-state index in [9.17, 15) is 14.4 Å². The van der Waals surface area contributed by atoms with Crippen LogP contribution in [-0.2, 0) is 9.59 Å². The van der Waals surface area contributed by atoms with Gasteiger partial charge in [-0.15, -0.1) is 11.3 Å². The number of carbonyl (C=O) groups is 3. The van der Waals surface area contributed by atoms with Gasteiger partial charge < -0.3 is 14.7 Å². The summed E-state index contributed by atoms with van der Waals surface area (Å²) in [7, 11) is 0. The van der Waals surface area contributed by atoms with E-state index >= 15 is 0 Å². The minimum Gasteiger partial charge on any atom is -0.346 e. The smallest absolute Gasteiger partial charge is 0.258 e.